The number of carbonyl (C=O) groups is 2. The summed E-state index contributed by atoms with van der Waals surface area (Å²) in [5.41, 5.74) is 0. The zero-order valence-electron chi connectivity index (χ0n) is 40.7. The van der Waals surface area contributed by atoms with Gasteiger partial charge < -0.3 is 20.3 Å². The van der Waals surface area contributed by atoms with Crippen molar-refractivity contribution in [3.8, 4) is 0 Å². The fraction of sp³-hybridized carbons (Fsp3) is 0.963. The van der Waals surface area contributed by atoms with E-state index in [1.807, 2.05) is 0 Å². The van der Waals surface area contributed by atoms with Gasteiger partial charge in [0.1, 0.15) is 0 Å². The number of aliphatic hydroxyl groups is 2. The third-order valence-corrected chi connectivity index (χ3v) is 12.9. The van der Waals surface area contributed by atoms with Crippen molar-refractivity contribution >= 4 is 11.9 Å². The van der Waals surface area contributed by atoms with Crippen molar-refractivity contribution in [3.05, 3.63) is 0 Å². The number of amides is 1. The van der Waals surface area contributed by atoms with Gasteiger partial charge in [0.25, 0.3) is 0 Å². The molecule has 0 fully saturated rings. The van der Waals surface area contributed by atoms with E-state index in [1.165, 1.54) is 238 Å². The second-order valence-corrected chi connectivity index (χ2v) is 18.9. The molecule has 0 spiro atoms. The van der Waals surface area contributed by atoms with Gasteiger partial charge in [-0.05, 0) is 25.7 Å². The molecular weight excluding hydrogens is 743 g/mol. The van der Waals surface area contributed by atoms with Crippen molar-refractivity contribution < 1.29 is 24.5 Å². The Morgan fingerprint density at radius 2 is 0.683 bits per heavy atom. The van der Waals surface area contributed by atoms with E-state index in [2.05, 4.69) is 19.2 Å². The largest absolute Gasteiger partial charge is 0.466 e. The molecule has 2 atom stereocenters. The van der Waals surface area contributed by atoms with E-state index in [0.717, 1.165) is 38.5 Å². The van der Waals surface area contributed by atoms with Crippen molar-refractivity contribution in [2.24, 2.45) is 0 Å². The molecule has 3 N–H and O–H groups in total. The van der Waals surface area contributed by atoms with Gasteiger partial charge in [0.15, 0.2) is 0 Å². The maximum absolute atomic E-state index is 12.5. The average molecular weight is 850 g/mol. The van der Waals surface area contributed by atoms with E-state index >= 15 is 0 Å². The average Bonchev–Trinajstić information content (AvgIpc) is 3.25. The molecule has 0 aromatic rings. The van der Waals surface area contributed by atoms with Crippen LogP contribution in [0.3, 0.4) is 0 Å². The van der Waals surface area contributed by atoms with E-state index in [4.69, 9.17) is 4.74 Å². The minimum atomic E-state index is -0.665. The minimum absolute atomic E-state index is 0.00671. The first kappa shape index (κ1) is 58.9. The van der Waals surface area contributed by atoms with Gasteiger partial charge in [-0.3, -0.25) is 9.59 Å². The fourth-order valence-electron chi connectivity index (χ4n) is 8.70. The molecule has 0 radical (unpaired) electrons. The van der Waals surface area contributed by atoms with Crippen molar-refractivity contribution in [1.29, 1.82) is 0 Å². The smallest absolute Gasteiger partial charge is 0.305 e. The molecule has 1 amide bonds. The molecule has 0 saturated heterocycles. The fourth-order valence-corrected chi connectivity index (χ4v) is 8.70. The summed E-state index contributed by atoms with van der Waals surface area (Å²) in [5, 5.41) is 23.2. The number of nitrogens with one attached hydrogen (secondary N) is 1. The number of unbranched alkanes of at least 4 members (excludes halogenated alkanes) is 40. The molecule has 0 saturated carbocycles. The molecule has 0 aromatic heterocycles. The maximum Gasteiger partial charge on any atom is 0.305 e. The van der Waals surface area contributed by atoms with Gasteiger partial charge in [-0.15, -0.1) is 0 Å². The van der Waals surface area contributed by atoms with Crippen LogP contribution in [0.4, 0.5) is 0 Å². The van der Waals surface area contributed by atoms with Crippen LogP contribution in [0.5, 0.6) is 0 Å². The maximum atomic E-state index is 12.5. The Morgan fingerprint density at radius 3 is 1.02 bits per heavy atom. The summed E-state index contributed by atoms with van der Waals surface area (Å²) in [4.78, 5) is 24.5. The van der Waals surface area contributed by atoms with Crippen molar-refractivity contribution in [2.45, 2.75) is 321 Å². The summed E-state index contributed by atoms with van der Waals surface area (Å²) in [7, 11) is 0. The molecule has 0 aliphatic rings. The molecule has 358 valence electrons. The van der Waals surface area contributed by atoms with Crippen LogP contribution in [0, 0.1) is 0 Å². The highest BCUT2D eigenvalue weighted by atomic mass is 16.5. The molecule has 0 aliphatic heterocycles. The quantitative estimate of drug-likeness (QED) is 0.0418. The van der Waals surface area contributed by atoms with Crippen molar-refractivity contribution in [1.82, 2.24) is 5.32 Å². The Labute approximate surface area is 375 Å². The van der Waals surface area contributed by atoms with Gasteiger partial charge in [0.2, 0.25) is 5.91 Å². The highest BCUT2D eigenvalue weighted by Gasteiger charge is 2.20. The number of rotatable bonds is 51. The molecule has 0 aromatic carbocycles. The monoisotopic (exact) mass is 850 g/mol. The first-order valence-corrected chi connectivity index (χ1v) is 27.3. The lowest BCUT2D eigenvalue weighted by Gasteiger charge is -2.22. The predicted molar refractivity (Wildman–Crippen MR) is 260 cm³/mol. The lowest BCUT2D eigenvalue weighted by atomic mass is 10.0. The molecule has 60 heavy (non-hydrogen) atoms. The van der Waals surface area contributed by atoms with Crippen LogP contribution >= 0.6 is 0 Å². The second-order valence-electron chi connectivity index (χ2n) is 18.9. The second kappa shape index (κ2) is 50.5. The zero-order valence-corrected chi connectivity index (χ0v) is 40.7. The number of aliphatic hydroxyl groups excluding tert-OH is 2. The van der Waals surface area contributed by atoms with Crippen LogP contribution < -0.4 is 5.32 Å². The normalized spacial score (nSPS) is 12.5. The number of esters is 1. The van der Waals surface area contributed by atoms with Gasteiger partial charge in [-0.2, -0.15) is 0 Å². The first-order valence-electron chi connectivity index (χ1n) is 27.3. The van der Waals surface area contributed by atoms with Crippen molar-refractivity contribution in [3.63, 3.8) is 0 Å². The standard InChI is InChI=1S/C54H107NO5/c1-3-5-7-9-11-13-15-17-23-26-30-34-38-42-46-52(57)51(50-56)55-53(58)47-43-39-35-31-27-24-21-19-18-20-22-25-29-33-37-41-45-49-60-54(59)48-44-40-36-32-28-16-14-12-10-8-6-4-2/h51-52,56-57H,3-50H2,1-2H3,(H,55,58). The van der Waals surface area contributed by atoms with Gasteiger partial charge in [0.05, 0.1) is 25.4 Å². The van der Waals surface area contributed by atoms with E-state index in [0.29, 0.717) is 25.9 Å². The van der Waals surface area contributed by atoms with Gasteiger partial charge in [-0.25, -0.2) is 0 Å². The minimum Gasteiger partial charge on any atom is -0.466 e. The summed E-state index contributed by atoms with van der Waals surface area (Å²) in [6.45, 7) is 4.96. The van der Waals surface area contributed by atoms with Crippen LogP contribution in [-0.4, -0.2) is 47.4 Å². The zero-order chi connectivity index (χ0) is 43.7. The van der Waals surface area contributed by atoms with Crippen LogP contribution in [-0.2, 0) is 14.3 Å². The van der Waals surface area contributed by atoms with Gasteiger partial charge in [0, 0.05) is 12.8 Å². The van der Waals surface area contributed by atoms with Gasteiger partial charge >= 0.3 is 5.97 Å². The summed E-state index contributed by atoms with van der Waals surface area (Å²) in [6.07, 6.45) is 56.5. The third-order valence-electron chi connectivity index (χ3n) is 12.9. The lowest BCUT2D eigenvalue weighted by molar-refractivity contribution is -0.143. The van der Waals surface area contributed by atoms with Crippen LogP contribution in [0.15, 0.2) is 0 Å². The lowest BCUT2D eigenvalue weighted by Crippen LogP contribution is -2.45. The summed E-state index contributed by atoms with van der Waals surface area (Å²) < 4.78 is 5.46. The Hall–Kier alpha value is -1.14. The van der Waals surface area contributed by atoms with E-state index in [9.17, 15) is 19.8 Å². The third kappa shape index (κ3) is 46.4. The van der Waals surface area contributed by atoms with Gasteiger partial charge in [-0.1, -0.05) is 271 Å². The highest BCUT2D eigenvalue weighted by Crippen LogP contribution is 2.17. The van der Waals surface area contributed by atoms with Crippen molar-refractivity contribution in [2.75, 3.05) is 13.2 Å². The summed E-state index contributed by atoms with van der Waals surface area (Å²) in [5.74, 6) is -0.0316. The summed E-state index contributed by atoms with van der Waals surface area (Å²) >= 11 is 0. The molecule has 6 nitrogen and oxygen atoms in total. The molecular formula is C54H107NO5. The summed E-state index contributed by atoms with van der Waals surface area (Å²) in [6, 6.07) is -0.543. The number of hydrogen-bond acceptors (Lipinski definition) is 5. The van der Waals surface area contributed by atoms with Crippen LogP contribution in [0.2, 0.25) is 0 Å². The topological polar surface area (TPSA) is 95.9 Å². The Bertz CT molecular complexity index is 852. The highest BCUT2D eigenvalue weighted by molar-refractivity contribution is 5.76. The van der Waals surface area contributed by atoms with E-state index in [-0.39, 0.29) is 18.5 Å². The molecule has 6 heteroatoms. The van der Waals surface area contributed by atoms with Crippen LogP contribution in [0.1, 0.15) is 309 Å². The van der Waals surface area contributed by atoms with Crippen LogP contribution in [0.25, 0.3) is 0 Å². The predicted octanol–water partition coefficient (Wildman–Crippen LogP) is 16.4. The Kier molecular flexibility index (Phi) is 49.5. The number of hydrogen-bond donors (Lipinski definition) is 3. The molecule has 0 rings (SSSR count). The molecule has 0 heterocycles. The molecule has 0 aliphatic carbocycles. The Morgan fingerprint density at radius 1 is 0.400 bits per heavy atom. The molecule has 2 unspecified atom stereocenters. The number of ether oxygens (including phenoxy) is 1. The van der Waals surface area contributed by atoms with E-state index < -0.39 is 12.1 Å². The first-order chi connectivity index (χ1) is 29.5. The number of carbonyl (C=O) groups excluding carboxylic acids is 2. The molecule has 0 bridgehead atoms. The van der Waals surface area contributed by atoms with E-state index in [1.54, 1.807) is 0 Å². The SMILES string of the molecule is CCCCCCCCCCCCCCCCC(O)C(CO)NC(=O)CCCCCCCCCCCCCCCCCCCOC(=O)CCCCCCCCCCCCCC. The Balaban J connectivity index is 3.40.